The molecule has 0 radical (unpaired) electrons. The lowest BCUT2D eigenvalue weighted by atomic mass is 10.1. The van der Waals surface area contributed by atoms with E-state index in [1.807, 2.05) is 30.5 Å². The third-order valence-electron chi connectivity index (χ3n) is 4.09. The number of nitrogens with zero attached hydrogens (tertiary/aromatic N) is 4. The Balaban J connectivity index is 2.10. The number of rotatable bonds is 7. The van der Waals surface area contributed by atoms with E-state index in [-0.39, 0.29) is 18.4 Å². The van der Waals surface area contributed by atoms with Crippen molar-refractivity contribution in [3.8, 4) is 0 Å². The summed E-state index contributed by atoms with van der Waals surface area (Å²) in [6.07, 6.45) is 3.46. The third-order valence-corrected chi connectivity index (χ3v) is 5.18. The van der Waals surface area contributed by atoms with E-state index in [1.165, 1.54) is 23.9 Å². The Bertz CT molecular complexity index is 993. The molecule has 1 aromatic carbocycles. The van der Waals surface area contributed by atoms with Crippen molar-refractivity contribution in [2.24, 2.45) is 16.5 Å². The Morgan fingerprint density at radius 3 is 2.52 bits per heavy atom. The lowest BCUT2D eigenvalue weighted by molar-refractivity contribution is 0.577. The minimum Gasteiger partial charge on any atom is -0.370 e. The van der Waals surface area contributed by atoms with Gasteiger partial charge in [0.1, 0.15) is 29.0 Å². The molecule has 6 nitrogen and oxygen atoms in total. The summed E-state index contributed by atoms with van der Waals surface area (Å²) in [5, 5.41) is 0.787. The quantitative estimate of drug-likeness (QED) is 0.453. The molecule has 0 bridgehead atoms. The predicted octanol–water partition coefficient (Wildman–Crippen LogP) is 3.65. The van der Waals surface area contributed by atoms with Crippen LogP contribution in [0.15, 0.2) is 57.6 Å². The molecule has 0 saturated carbocycles. The van der Waals surface area contributed by atoms with Gasteiger partial charge in [-0.3, -0.25) is 4.98 Å². The second-order valence-corrected chi connectivity index (χ2v) is 7.83. The maximum absolute atomic E-state index is 13.7. The van der Waals surface area contributed by atoms with Crippen LogP contribution in [-0.4, -0.2) is 20.5 Å². The molecule has 0 aliphatic carbocycles. The average Bonchev–Trinajstić information content (AvgIpc) is 2.97. The zero-order valence-electron chi connectivity index (χ0n) is 16.1. The van der Waals surface area contributed by atoms with Gasteiger partial charge >= 0.3 is 0 Å². The molecule has 3 aromatic rings. The van der Waals surface area contributed by atoms with Gasteiger partial charge in [-0.05, 0) is 29.7 Å². The molecule has 4 N–H and O–H groups in total. The smallest absolute Gasteiger partial charge is 0.186 e. The average molecular weight is 417 g/mol. The minimum atomic E-state index is -0.627. The summed E-state index contributed by atoms with van der Waals surface area (Å²) in [7, 11) is 0. The van der Waals surface area contributed by atoms with E-state index < -0.39 is 11.6 Å². The first-order valence-electron chi connectivity index (χ1n) is 9.01. The first-order valence-corrected chi connectivity index (χ1v) is 9.82. The van der Waals surface area contributed by atoms with Crippen molar-refractivity contribution in [2.75, 3.05) is 0 Å². The molecule has 2 heterocycles. The van der Waals surface area contributed by atoms with Gasteiger partial charge in [0.2, 0.25) is 0 Å². The molecule has 29 heavy (non-hydrogen) atoms. The molecule has 152 valence electrons. The van der Waals surface area contributed by atoms with E-state index in [1.54, 1.807) is 12.4 Å². The number of pyridine rings is 1. The Hall–Kier alpha value is -2.94. The predicted molar refractivity (Wildman–Crippen MR) is 110 cm³/mol. The fourth-order valence-electron chi connectivity index (χ4n) is 2.81. The van der Waals surface area contributed by atoms with Gasteiger partial charge in [0.25, 0.3) is 0 Å². The first kappa shape index (κ1) is 20.8. The highest BCUT2D eigenvalue weighted by Gasteiger charge is 2.21. The van der Waals surface area contributed by atoms with E-state index in [2.05, 4.69) is 9.98 Å². The zero-order valence-corrected chi connectivity index (χ0v) is 17.0. The molecule has 0 saturated heterocycles. The Morgan fingerprint density at radius 1 is 1.21 bits per heavy atom. The maximum Gasteiger partial charge on any atom is 0.186 e. The van der Waals surface area contributed by atoms with Crippen LogP contribution in [0.25, 0.3) is 0 Å². The van der Waals surface area contributed by atoms with Crippen LogP contribution < -0.4 is 11.5 Å². The molecule has 2 aromatic heterocycles. The fourth-order valence-corrected chi connectivity index (χ4v) is 4.04. The minimum absolute atomic E-state index is 0.0339. The number of guanidine groups is 1. The van der Waals surface area contributed by atoms with Crippen LogP contribution >= 0.6 is 11.8 Å². The number of halogens is 2. The van der Waals surface area contributed by atoms with E-state index in [0.29, 0.717) is 17.3 Å². The van der Waals surface area contributed by atoms with Gasteiger partial charge in [-0.2, -0.15) is 0 Å². The molecular weight excluding hydrogens is 394 g/mol. The molecular formula is C20H22F2N6S. The van der Waals surface area contributed by atoms with Gasteiger partial charge < -0.3 is 16.0 Å². The van der Waals surface area contributed by atoms with Gasteiger partial charge in [0.05, 0.1) is 12.2 Å². The normalized spacial score (nSPS) is 11.1. The highest BCUT2D eigenvalue weighted by Crippen LogP contribution is 2.36. The molecule has 3 rings (SSSR count). The highest BCUT2D eigenvalue weighted by atomic mass is 32.2. The van der Waals surface area contributed by atoms with Crippen molar-refractivity contribution < 1.29 is 8.78 Å². The molecule has 0 aliphatic rings. The van der Waals surface area contributed by atoms with E-state index >= 15 is 0 Å². The van der Waals surface area contributed by atoms with Crippen molar-refractivity contribution in [3.05, 3.63) is 71.4 Å². The van der Waals surface area contributed by atoms with Crippen molar-refractivity contribution >= 4 is 17.7 Å². The van der Waals surface area contributed by atoms with Crippen molar-refractivity contribution in [1.29, 1.82) is 0 Å². The van der Waals surface area contributed by atoms with Crippen LogP contribution in [-0.2, 0) is 13.1 Å². The summed E-state index contributed by atoms with van der Waals surface area (Å²) in [6.45, 7) is 4.69. The second-order valence-electron chi connectivity index (χ2n) is 6.77. The Labute approximate surface area is 172 Å². The van der Waals surface area contributed by atoms with Gasteiger partial charge in [-0.15, -0.1) is 0 Å². The number of hydrogen-bond donors (Lipinski definition) is 2. The summed E-state index contributed by atoms with van der Waals surface area (Å²) in [4.78, 5) is 13.4. The van der Waals surface area contributed by atoms with Gasteiger partial charge in [-0.1, -0.05) is 31.7 Å². The molecule has 9 heteroatoms. The van der Waals surface area contributed by atoms with Crippen LogP contribution in [0, 0.1) is 11.6 Å². The van der Waals surface area contributed by atoms with Crippen LogP contribution in [0.3, 0.4) is 0 Å². The second kappa shape index (κ2) is 9.04. The van der Waals surface area contributed by atoms with Crippen molar-refractivity contribution in [3.63, 3.8) is 0 Å². The van der Waals surface area contributed by atoms with Crippen LogP contribution in [0.2, 0.25) is 0 Å². The lowest BCUT2D eigenvalue weighted by Crippen LogP contribution is -2.23. The monoisotopic (exact) mass is 416 g/mol. The van der Waals surface area contributed by atoms with Crippen molar-refractivity contribution in [2.45, 2.75) is 42.8 Å². The topological polar surface area (TPSA) is 95.1 Å². The van der Waals surface area contributed by atoms with Crippen LogP contribution in [0.5, 0.6) is 0 Å². The standard InChI is InChI=1S/C20H22F2N6S/c1-12(2)18-19(29-16-7-14(21)6-15(22)8-16)28(11-13-4-3-5-25-9-13)17(27-18)10-26-20(23)24/h3-9,12H,10-11H2,1-2H3,(H4,23,24,26). The first-order chi connectivity index (χ1) is 13.8. The zero-order chi connectivity index (χ0) is 21.0. The van der Waals surface area contributed by atoms with Crippen LogP contribution in [0.1, 0.15) is 36.8 Å². The number of nitrogens with two attached hydrogens (primary N) is 2. The Kier molecular flexibility index (Phi) is 6.48. The number of hydrogen-bond acceptors (Lipinski definition) is 4. The Morgan fingerprint density at radius 2 is 1.93 bits per heavy atom. The van der Waals surface area contributed by atoms with Gasteiger partial charge in [0.15, 0.2) is 5.96 Å². The van der Waals surface area contributed by atoms with E-state index in [9.17, 15) is 8.78 Å². The van der Waals surface area contributed by atoms with E-state index in [0.717, 1.165) is 22.3 Å². The third kappa shape index (κ3) is 5.32. The van der Waals surface area contributed by atoms with Crippen LogP contribution in [0.4, 0.5) is 8.78 Å². The molecule has 0 spiro atoms. The molecule has 0 unspecified atom stereocenters. The number of aliphatic imine (C=N–C) groups is 1. The highest BCUT2D eigenvalue weighted by molar-refractivity contribution is 7.99. The van der Waals surface area contributed by atoms with Gasteiger partial charge in [0, 0.05) is 23.4 Å². The number of imidazole rings is 1. The summed E-state index contributed by atoms with van der Waals surface area (Å²) >= 11 is 1.26. The molecule has 0 atom stereocenters. The summed E-state index contributed by atoms with van der Waals surface area (Å²) in [5.74, 6) is -0.543. The summed E-state index contributed by atoms with van der Waals surface area (Å²) in [6, 6.07) is 7.25. The lowest BCUT2D eigenvalue weighted by Gasteiger charge is -2.13. The number of benzene rings is 1. The summed E-state index contributed by atoms with van der Waals surface area (Å²) in [5.41, 5.74) is 12.8. The molecule has 0 fully saturated rings. The fraction of sp³-hybridized carbons (Fsp3) is 0.250. The summed E-state index contributed by atoms with van der Waals surface area (Å²) < 4.78 is 29.4. The SMILES string of the molecule is CC(C)c1nc(CN=C(N)N)n(Cc2cccnc2)c1Sc1cc(F)cc(F)c1. The molecule has 0 aliphatic heterocycles. The molecule has 0 amide bonds. The number of aromatic nitrogens is 3. The maximum atomic E-state index is 13.7. The van der Waals surface area contributed by atoms with Crippen molar-refractivity contribution in [1.82, 2.24) is 14.5 Å². The largest absolute Gasteiger partial charge is 0.370 e. The van der Waals surface area contributed by atoms with Gasteiger partial charge in [-0.25, -0.2) is 18.8 Å². The van der Waals surface area contributed by atoms with E-state index in [4.69, 9.17) is 16.5 Å².